The van der Waals surface area contributed by atoms with Gasteiger partial charge in [-0.1, -0.05) is 0 Å². The lowest BCUT2D eigenvalue weighted by Crippen LogP contribution is -2.54. The van der Waals surface area contributed by atoms with Crippen LogP contribution in [-0.4, -0.2) is 50.3 Å². The van der Waals surface area contributed by atoms with Crippen molar-refractivity contribution in [2.75, 3.05) is 23.3 Å². The first-order valence-electron chi connectivity index (χ1n) is 11.0. The average molecular weight is 451 g/mol. The van der Waals surface area contributed by atoms with Gasteiger partial charge < -0.3 is 25.3 Å². The molecular weight excluding hydrogens is 423 g/mol. The summed E-state index contributed by atoms with van der Waals surface area (Å²) in [5.74, 6) is 1.46. The second-order valence-electron chi connectivity index (χ2n) is 8.72. The molecule has 0 radical (unpaired) electrons. The highest BCUT2D eigenvalue weighted by Gasteiger charge is 2.24. The van der Waals surface area contributed by atoms with Gasteiger partial charge in [0.15, 0.2) is 17.4 Å². The van der Waals surface area contributed by atoms with Gasteiger partial charge in [-0.2, -0.15) is 15.1 Å². The van der Waals surface area contributed by atoms with Crippen molar-refractivity contribution in [2.24, 2.45) is 0 Å². The summed E-state index contributed by atoms with van der Waals surface area (Å²) < 4.78 is 21.0. The number of nitrogens with one attached hydrogen (secondary N) is 4. The van der Waals surface area contributed by atoms with Crippen molar-refractivity contribution in [3.8, 4) is 11.8 Å². The fraction of sp³-hybridized carbons (Fsp3) is 0.348. The van der Waals surface area contributed by atoms with Crippen LogP contribution in [-0.2, 0) is 0 Å². The monoisotopic (exact) mass is 450 g/mol. The summed E-state index contributed by atoms with van der Waals surface area (Å²) >= 11 is 0. The standard InChI is InChI=1S/C23H27FN8O/c1-12-7-16-17(26-12)5-6-18(22(16)24)33-23-28-19(27-20-8-13(2)30-31-20)9-21(29-23)32-10-14(3)25-15(4)11-32/h5-9,14-15,25-26H,10-11H2,1-4H3,(H2,27,28,29,30,31)/t14-,15+. The van der Waals surface area contributed by atoms with Crippen molar-refractivity contribution in [2.45, 2.75) is 39.8 Å². The number of hydrogen-bond acceptors (Lipinski definition) is 7. The normalized spacial score (nSPS) is 18.6. The van der Waals surface area contributed by atoms with E-state index >= 15 is 4.39 Å². The van der Waals surface area contributed by atoms with Crippen molar-refractivity contribution in [3.63, 3.8) is 0 Å². The van der Waals surface area contributed by atoms with E-state index in [0.717, 1.165) is 24.5 Å². The molecule has 9 nitrogen and oxygen atoms in total. The summed E-state index contributed by atoms with van der Waals surface area (Å²) in [6.45, 7) is 9.64. The van der Waals surface area contributed by atoms with E-state index < -0.39 is 5.82 Å². The number of fused-ring (bicyclic) bond motifs is 1. The Labute approximate surface area is 190 Å². The van der Waals surface area contributed by atoms with E-state index in [4.69, 9.17) is 4.74 Å². The van der Waals surface area contributed by atoms with Gasteiger partial charge in [0.05, 0.1) is 0 Å². The molecule has 1 saturated heterocycles. The highest BCUT2D eigenvalue weighted by molar-refractivity contribution is 5.82. The molecule has 4 aromatic rings. The number of aromatic nitrogens is 5. The summed E-state index contributed by atoms with van der Waals surface area (Å²) in [5.41, 5.74) is 2.51. The van der Waals surface area contributed by atoms with Gasteiger partial charge in [0.1, 0.15) is 11.6 Å². The lowest BCUT2D eigenvalue weighted by atomic mass is 10.1. The molecule has 3 aromatic heterocycles. The fourth-order valence-corrected chi connectivity index (χ4v) is 4.28. The van der Waals surface area contributed by atoms with Crippen molar-refractivity contribution in [1.29, 1.82) is 0 Å². The Balaban J connectivity index is 1.51. The number of piperazine rings is 1. The predicted octanol–water partition coefficient (Wildman–Crippen LogP) is 4.16. The maximum absolute atomic E-state index is 15.1. The van der Waals surface area contributed by atoms with E-state index in [1.807, 2.05) is 26.0 Å². The summed E-state index contributed by atoms with van der Waals surface area (Å²) in [6.07, 6.45) is 0. The molecule has 0 saturated carbocycles. The molecule has 33 heavy (non-hydrogen) atoms. The summed E-state index contributed by atoms with van der Waals surface area (Å²) in [6, 6.07) is 9.52. The number of nitrogens with zero attached hydrogens (tertiary/aromatic N) is 4. The van der Waals surface area contributed by atoms with Crippen LogP contribution in [0.1, 0.15) is 25.2 Å². The largest absolute Gasteiger partial charge is 0.421 e. The first-order valence-corrected chi connectivity index (χ1v) is 11.0. The number of rotatable bonds is 5. The zero-order valence-electron chi connectivity index (χ0n) is 19.0. The third-order valence-corrected chi connectivity index (χ3v) is 5.57. The Morgan fingerprint density at radius 2 is 1.82 bits per heavy atom. The van der Waals surface area contributed by atoms with Crippen molar-refractivity contribution in [1.82, 2.24) is 30.5 Å². The van der Waals surface area contributed by atoms with E-state index in [1.54, 1.807) is 18.2 Å². The van der Waals surface area contributed by atoms with Gasteiger partial charge in [-0.15, -0.1) is 0 Å². The van der Waals surface area contributed by atoms with Gasteiger partial charge in [0.2, 0.25) is 0 Å². The summed E-state index contributed by atoms with van der Waals surface area (Å²) in [4.78, 5) is 14.4. The molecule has 0 bridgehead atoms. The van der Waals surface area contributed by atoms with Crippen LogP contribution in [0.5, 0.6) is 11.8 Å². The lowest BCUT2D eigenvalue weighted by Gasteiger charge is -2.37. The molecule has 5 rings (SSSR count). The minimum atomic E-state index is -0.451. The third-order valence-electron chi connectivity index (χ3n) is 5.57. The summed E-state index contributed by atoms with van der Waals surface area (Å²) in [5, 5.41) is 14.3. The van der Waals surface area contributed by atoms with Gasteiger partial charge in [0.25, 0.3) is 0 Å². The molecule has 0 amide bonds. The Morgan fingerprint density at radius 3 is 2.55 bits per heavy atom. The van der Waals surface area contributed by atoms with E-state index in [1.165, 1.54) is 0 Å². The second-order valence-corrected chi connectivity index (χ2v) is 8.72. The topological polar surface area (TPSA) is 107 Å². The third kappa shape index (κ3) is 4.47. The van der Waals surface area contributed by atoms with Crippen LogP contribution in [0.3, 0.4) is 0 Å². The number of benzene rings is 1. The number of hydrogen-bond donors (Lipinski definition) is 4. The number of halogens is 1. The minimum Gasteiger partial charge on any atom is -0.421 e. The average Bonchev–Trinajstić information content (AvgIpc) is 3.34. The molecule has 0 aliphatic carbocycles. The molecule has 2 atom stereocenters. The highest BCUT2D eigenvalue weighted by Crippen LogP contribution is 2.31. The van der Waals surface area contributed by atoms with Gasteiger partial charge in [-0.3, -0.25) is 5.10 Å². The Bertz CT molecular complexity index is 1290. The van der Waals surface area contributed by atoms with Gasteiger partial charge in [-0.05, 0) is 45.9 Å². The molecule has 4 N–H and O–H groups in total. The van der Waals surface area contributed by atoms with Crippen molar-refractivity contribution >= 4 is 28.4 Å². The van der Waals surface area contributed by atoms with Crippen LogP contribution in [0.15, 0.2) is 30.3 Å². The quantitative estimate of drug-likeness (QED) is 0.362. The number of anilines is 3. The lowest BCUT2D eigenvalue weighted by molar-refractivity contribution is 0.397. The molecule has 0 unspecified atom stereocenters. The second kappa shape index (κ2) is 8.36. The van der Waals surface area contributed by atoms with E-state index in [-0.39, 0.29) is 11.8 Å². The Morgan fingerprint density at radius 1 is 1.03 bits per heavy atom. The fourth-order valence-electron chi connectivity index (χ4n) is 4.28. The first-order chi connectivity index (χ1) is 15.8. The van der Waals surface area contributed by atoms with E-state index in [2.05, 4.69) is 54.5 Å². The first kappa shape index (κ1) is 21.2. The van der Waals surface area contributed by atoms with Gasteiger partial charge >= 0.3 is 6.01 Å². The highest BCUT2D eigenvalue weighted by atomic mass is 19.1. The summed E-state index contributed by atoms with van der Waals surface area (Å²) in [7, 11) is 0. The van der Waals surface area contributed by atoms with Gasteiger partial charge in [0, 0.05) is 59.6 Å². The molecule has 172 valence electrons. The molecule has 1 aliphatic heterocycles. The number of ether oxygens (including phenoxy) is 1. The molecule has 10 heteroatoms. The maximum atomic E-state index is 15.1. The van der Waals surface area contributed by atoms with Crippen molar-refractivity contribution in [3.05, 3.63) is 47.5 Å². The smallest absolute Gasteiger partial charge is 0.326 e. The molecule has 4 heterocycles. The zero-order chi connectivity index (χ0) is 23.1. The van der Waals surface area contributed by atoms with Crippen LogP contribution in [0.2, 0.25) is 0 Å². The van der Waals surface area contributed by atoms with Crippen molar-refractivity contribution < 1.29 is 9.13 Å². The Hall–Kier alpha value is -3.66. The predicted molar refractivity (Wildman–Crippen MR) is 126 cm³/mol. The molecule has 1 aliphatic rings. The molecule has 0 spiro atoms. The Kier molecular flexibility index (Phi) is 5.37. The molecule has 1 fully saturated rings. The minimum absolute atomic E-state index is 0.0617. The van der Waals surface area contributed by atoms with Crippen LogP contribution in [0.4, 0.5) is 21.8 Å². The van der Waals surface area contributed by atoms with Crippen LogP contribution < -0.4 is 20.3 Å². The van der Waals surface area contributed by atoms with Gasteiger partial charge in [-0.25, -0.2) is 4.39 Å². The van der Waals surface area contributed by atoms with E-state index in [9.17, 15) is 0 Å². The molecular formula is C23H27FN8O. The van der Waals surface area contributed by atoms with Crippen LogP contribution >= 0.6 is 0 Å². The number of aromatic amines is 2. The number of aryl methyl sites for hydroxylation is 2. The van der Waals surface area contributed by atoms with E-state index in [0.29, 0.717) is 40.4 Å². The van der Waals surface area contributed by atoms with Crippen LogP contribution in [0.25, 0.3) is 10.9 Å². The number of H-pyrrole nitrogens is 2. The SMILES string of the molecule is Cc1cc(Nc2cc(N3C[C@@H](C)N[C@@H](C)C3)nc(Oc3ccc4[nH]c(C)cc4c3F)n2)n[nH]1. The molecule has 1 aromatic carbocycles. The van der Waals surface area contributed by atoms with Crippen LogP contribution in [0, 0.1) is 19.7 Å². The zero-order valence-corrected chi connectivity index (χ0v) is 19.0. The maximum Gasteiger partial charge on any atom is 0.326 e.